The average molecular weight is 307 g/mol. The van der Waals surface area contributed by atoms with Gasteiger partial charge >= 0.3 is 0 Å². The van der Waals surface area contributed by atoms with Gasteiger partial charge in [0.2, 0.25) is 0 Å². The highest BCUT2D eigenvalue weighted by Crippen LogP contribution is 2.31. The number of fused-ring (bicyclic) bond motifs is 2. The van der Waals surface area contributed by atoms with E-state index >= 15 is 0 Å². The molecule has 1 fully saturated rings. The highest BCUT2D eigenvalue weighted by molar-refractivity contribution is 6.10. The standard InChI is InChI=1S/C18H17N3O2/c22-17-14-8-4-10-19-16(14)21(12-13-6-2-1-3-7-13)18(23)15-9-5-11-20(15)17/h1-4,6-8,10,15H,5,9,11-12H2/t15-/m0/s1. The first-order valence-corrected chi connectivity index (χ1v) is 7.87. The predicted molar refractivity (Wildman–Crippen MR) is 85.9 cm³/mol. The molecule has 116 valence electrons. The molecular weight excluding hydrogens is 290 g/mol. The van der Waals surface area contributed by atoms with Crippen LogP contribution in [0.15, 0.2) is 48.7 Å². The van der Waals surface area contributed by atoms with Gasteiger partial charge in [-0.15, -0.1) is 0 Å². The maximum atomic E-state index is 13.0. The Morgan fingerprint density at radius 2 is 1.91 bits per heavy atom. The lowest BCUT2D eigenvalue weighted by Crippen LogP contribution is -2.44. The molecule has 5 heteroatoms. The number of carbonyl (C=O) groups excluding carboxylic acids is 2. The molecule has 4 rings (SSSR count). The Bertz CT molecular complexity index is 760. The Morgan fingerprint density at radius 3 is 2.74 bits per heavy atom. The van der Waals surface area contributed by atoms with E-state index in [0.29, 0.717) is 24.5 Å². The fraction of sp³-hybridized carbons (Fsp3) is 0.278. The number of pyridine rings is 1. The Balaban J connectivity index is 1.81. The summed E-state index contributed by atoms with van der Waals surface area (Å²) < 4.78 is 0. The molecular formula is C18H17N3O2. The fourth-order valence-corrected chi connectivity index (χ4v) is 3.40. The zero-order valence-electron chi connectivity index (χ0n) is 12.7. The molecule has 0 unspecified atom stereocenters. The van der Waals surface area contributed by atoms with Gasteiger partial charge in [0.25, 0.3) is 11.8 Å². The molecule has 1 aromatic carbocycles. The third kappa shape index (κ3) is 2.29. The number of carbonyl (C=O) groups is 2. The molecule has 1 saturated heterocycles. The molecule has 1 atom stereocenters. The Hall–Kier alpha value is -2.69. The van der Waals surface area contributed by atoms with Crippen LogP contribution in [-0.2, 0) is 11.3 Å². The molecule has 0 N–H and O–H groups in total. The molecule has 3 heterocycles. The van der Waals surface area contributed by atoms with Crippen LogP contribution in [0, 0.1) is 0 Å². The molecule has 0 radical (unpaired) electrons. The normalized spacial score (nSPS) is 20.3. The number of rotatable bonds is 2. The maximum Gasteiger partial charge on any atom is 0.258 e. The first-order chi connectivity index (χ1) is 11.3. The van der Waals surface area contributed by atoms with Gasteiger partial charge in [-0.3, -0.25) is 14.5 Å². The Morgan fingerprint density at radius 1 is 1.09 bits per heavy atom. The van der Waals surface area contributed by atoms with E-state index in [1.807, 2.05) is 30.3 Å². The van der Waals surface area contributed by atoms with Crippen LogP contribution in [0.5, 0.6) is 0 Å². The van der Waals surface area contributed by atoms with Crippen LogP contribution in [0.4, 0.5) is 5.82 Å². The minimum absolute atomic E-state index is 0.0304. The zero-order valence-corrected chi connectivity index (χ0v) is 12.7. The summed E-state index contributed by atoms with van der Waals surface area (Å²) in [5.41, 5.74) is 1.54. The van der Waals surface area contributed by atoms with E-state index < -0.39 is 0 Å². The van der Waals surface area contributed by atoms with Crippen molar-refractivity contribution in [2.45, 2.75) is 25.4 Å². The molecule has 1 aromatic heterocycles. The topological polar surface area (TPSA) is 53.5 Å². The quantitative estimate of drug-likeness (QED) is 0.855. The number of hydrogen-bond acceptors (Lipinski definition) is 3. The summed E-state index contributed by atoms with van der Waals surface area (Å²) in [5.74, 6) is 0.359. The van der Waals surface area contributed by atoms with E-state index in [-0.39, 0.29) is 17.9 Å². The van der Waals surface area contributed by atoms with Crippen molar-refractivity contribution in [2.24, 2.45) is 0 Å². The summed E-state index contributed by atoms with van der Waals surface area (Å²) in [5, 5.41) is 0. The predicted octanol–water partition coefficient (Wildman–Crippen LogP) is 2.23. The first-order valence-electron chi connectivity index (χ1n) is 7.87. The molecule has 0 aliphatic carbocycles. The van der Waals surface area contributed by atoms with Gasteiger partial charge < -0.3 is 4.90 Å². The lowest BCUT2D eigenvalue weighted by Gasteiger charge is -2.25. The van der Waals surface area contributed by atoms with Crippen molar-refractivity contribution < 1.29 is 9.59 Å². The number of hydrogen-bond donors (Lipinski definition) is 0. The van der Waals surface area contributed by atoms with Crippen LogP contribution < -0.4 is 4.90 Å². The second kappa shape index (κ2) is 5.50. The minimum atomic E-state index is -0.361. The average Bonchev–Trinajstić information content (AvgIpc) is 3.06. The lowest BCUT2D eigenvalue weighted by molar-refractivity contribution is -0.122. The summed E-state index contributed by atoms with van der Waals surface area (Å²) in [6.07, 6.45) is 3.23. The van der Waals surface area contributed by atoms with Crippen LogP contribution in [0.2, 0.25) is 0 Å². The van der Waals surface area contributed by atoms with Gasteiger partial charge in [-0.25, -0.2) is 4.98 Å². The smallest absolute Gasteiger partial charge is 0.258 e. The molecule has 2 aliphatic rings. The summed E-state index contributed by atoms with van der Waals surface area (Å²) in [4.78, 5) is 33.5. The lowest BCUT2D eigenvalue weighted by atomic mass is 10.1. The molecule has 0 bridgehead atoms. The monoisotopic (exact) mass is 307 g/mol. The van der Waals surface area contributed by atoms with Crippen LogP contribution in [0.25, 0.3) is 0 Å². The van der Waals surface area contributed by atoms with Gasteiger partial charge in [-0.05, 0) is 30.5 Å². The van der Waals surface area contributed by atoms with Gasteiger partial charge in [0.15, 0.2) is 0 Å². The van der Waals surface area contributed by atoms with E-state index in [2.05, 4.69) is 4.98 Å². The molecule has 2 aliphatic heterocycles. The highest BCUT2D eigenvalue weighted by atomic mass is 16.2. The number of anilines is 1. The molecule has 2 amide bonds. The van der Waals surface area contributed by atoms with Gasteiger partial charge in [0, 0.05) is 12.7 Å². The van der Waals surface area contributed by atoms with E-state index in [9.17, 15) is 9.59 Å². The van der Waals surface area contributed by atoms with E-state index in [1.54, 1.807) is 28.1 Å². The van der Waals surface area contributed by atoms with Gasteiger partial charge in [-0.2, -0.15) is 0 Å². The Labute approximate surface area is 134 Å². The largest absolute Gasteiger partial charge is 0.326 e. The third-order valence-corrected chi connectivity index (χ3v) is 4.52. The van der Waals surface area contributed by atoms with Crippen LogP contribution >= 0.6 is 0 Å². The summed E-state index contributed by atoms with van der Waals surface area (Å²) in [6, 6.07) is 13.0. The summed E-state index contributed by atoms with van der Waals surface area (Å²) in [6.45, 7) is 1.07. The maximum absolute atomic E-state index is 13.0. The van der Waals surface area contributed by atoms with Crippen LogP contribution in [0.1, 0.15) is 28.8 Å². The Kier molecular flexibility index (Phi) is 3.33. The zero-order chi connectivity index (χ0) is 15.8. The highest BCUT2D eigenvalue weighted by Gasteiger charge is 2.42. The van der Waals surface area contributed by atoms with Crippen LogP contribution in [0.3, 0.4) is 0 Å². The van der Waals surface area contributed by atoms with E-state index in [4.69, 9.17) is 0 Å². The van der Waals surface area contributed by atoms with Gasteiger partial charge in [0.05, 0.1) is 12.1 Å². The van der Waals surface area contributed by atoms with Gasteiger partial charge in [0.1, 0.15) is 11.9 Å². The summed E-state index contributed by atoms with van der Waals surface area (Å²) >= 11 is 0. The SMILES string of the molecule is O=C1[C@@H]2CCCN2C(=O)c2cccnc2N1Cc1ccccc1. The van der Waals surface area contributed by atoms with Crippen molar-refractivity contribution in [3.8, 4) is 0 Å². The van der Waals surface area contributed by atoms with Crippen molar-refractivity contribution in [2.75, 3.05) is 11.4 Å². The third-order valence-electron chi connectivity index (χ3n) is 4.52. The molecule has 5 nitrogen and oxygen atoms in total. The van der Waals surface area contributed by atoms with Crippen molar-refractivity contribution in [3.05, 3.63) is 59.8 Å². The molecule has 2 aromatic rings. The van der Waals surface area contributed by atoms with E-state index in [0.717, 1.165) is 18.4 Å². The van der Waals surface area contributed by atoms with Crippen molar-refractivity contribution in [1.29, 1.82) is 0 Å². The number of amides is 2. The second-order valence-electron chi connectivity index (χ2n) is 5.94. The van der Waals surface area contributed by atoms with Crippen molar-refractivity contribution >= 4 is 17.6 Å². The molecule has 0 saturated carbocycles. The number of nitrogens with zero attached hydrogens (tertiary/aromatic N) is 3. The number of benzene rings is 1. The number of aromatic nitrogens is 1. The summed E-state index contributed by atoms with van der Waals surface area (Å²) in [7, 11) is 0. The fourth-order valence-electron chi connectivity index (χ4n) is 3.40. The van der Waals surface area contributed by atoms with Gasteiger partial charge in [-0.1, -0.05) is 30.3 Å². The molecule has 23 heavy (non-hydrogen) atoms. The second-order valence-corrected chi connectivity index (χ2v) is 5.94. The van der Waals surface area contributed by atoms with E-state index in [1.165, 1.54) is 0 Å². The molecule has 0 spiro atoms. The van der Waals surface area contributed by atoms with Crippen molar-refractivity contribution in [3.63, 3.8) is 0 Å². The minimum Gasteiger partial charge on any atom is -0.326 e. The van der Waals surface area contributed by atoms with Crippen molar-refractivity contribution in [1.82, 2.24) is 9.88 Å². The first kappa shape index (κ1) is 13.9. The van der Waals surface area contributed by atoms with Crippen LogP contribution in [-0.4, -0.2) is 34.3 Å².